The molecule has 1 saturated heterocycles. The van der Waals surface area contributed by atoms with Gasteiger partial charge in [-0.25, -0.2) is 9.18 Å². The minimum atomic E-state index is -0.551. The van der Waals surface area contributed by atoms with E-state index in [4.69, 9.17) is 4.74 Å². The molecule has 0 saturated carbocycles. The van der Waals surface area contributed by atoms with E-state index in [0.717, 1.165) is 0 Å². The zero-order valence-electron chi connectivity index (χ0n) is 14.5. The molecule has 138 valence electrons. The topological polar surface area (TPSA) is 77.7 Å². The summed E-state index contributed by atoms with van der Waals surface area (Å²) in [6.07, 6.45) is 1.70. The zero-order chi connectivity index (χ0) is 18.5. The highest BCUT2D eigenvalue weighted by Crippen LogP contribution is 2.21. The molecule has 0 unspecified atom stereocenters. The molecule has 7 nitrogen and oxygen atoms in total. The number of amides is 3. The number of hydrogen-bond donors (Lipinski definition) is 2. The predicted octanol–water partition coefficient (Wildman–Crippen LogP) is 2.54. The molecule has 1 aliphatic heterocycles. The van der Waals surface area contributed by atoms with E-state index in [2.05, 4.69) is 10.3 Å². The number of nitrogens with zero attached hydrogens (tertiary/aromatic N) is 2. The van der Waals surface area contributed by atoms with E-state index in [1.165, 1.54) is 12.1 Å². The van der Waals surface area contributed by atoms with Gasteiger partial charge < -0.3 is 24.8 Å². The minimum absolute atomic E-state index is 0.0902. The normalized spacial score (nSPS) is 14.2. The maximum Gasteiger partial charge on any atom is 0.322 e. The first kappa shape index (κ1) is 17.8. The molecular formula is C18H21FN4O3. The van der Waals surface area contributed by atoms with Crippen LogP contribution >= 0.6 is 0 Å². The highest BCUT2D eigenvalue weighted by atomic mass is 19.1. The van der Waals surface area contributed by atoms with Crippen LogP contribution in [0.25, 0.3) is 0 Å². The van der Waals surface area contributed by atoms with Crippen molar-refractivity contribution in [2.45, 2.75) is 6.92 Å². The van der Waals surface area contributed by atoms with Crippen LogP contribution in [-0.4, -0.2) is 59.5 Å². The van der Waals surface area contributed by atoms with Crippen LogP contribution in [-0.2, 0) is 0 Å². The van der Waals surface area contributed by atoms with Gasteiger partial charge in [0.1, 0.15) is 17.3 Å². The fraction of sp³-hybridized carbons (Fsp3) is 0.333. The first-order valence-electron chi connectivity index (χ1n) is 8.49. The van der Waals surface area contributed by atoms with Crippen LogP contribution in [0, 0.1) is 5.82 Å². The van der Waals surface area contributed by atoms with E-state index < -0.39 is 5.82 Å². The number of benzene rings is 1. The number of halogens is 1. The van der Waals surface area contributed by atoms with Gasteiger partial charge in [-0.3, -0.25) is 4.79 Å². The van der Waals surface area contributed by atoms with E-state index in [-0.39, 0.29) is 17.6 Å². The van der Waals surface area contributed by atoms with Gasteiger partial charge >= 0.3 is 6.03 Å². The van der Waals surface area contributed by atoms with Crippen molar-refractivity contribution in [3.05, 3.63) is 48.0 Å². The standard InChI is InChI=1S/C18H21FN4O3/c1-2-26-13-5-6-15(14(19)12-13)21-18(25)23-10-8-22(9-11-23)17(24)16-4-3-7-20-16/h3-7,12,20H,2,8-11H2,1H3,(H,21,25). The number of aromatic amines is 1. The number of carbonyl (C=O) groups is 2. The first-order valence-corrected chi connectivity index (χ1v) is 8.49. The summed E-state index contributed by atoms with van der Waals surface area (Å²) in [4.78, 5) is 30.8. The Hall–Kier alpha value is -3.03. The number of rotatable bonds is 4. The maximum atomic E-state index is 14.1. The van der Waals surface area contributed by atoms with Gasteiger partial charge in [0.25, 0.3) is 5.91 Å². The summed E-state index contributed by atoms with van der Waals surface area (Å²) in [7, 11) is 0. The molecule has 26 heavy (non-hydrogen) atoms. The molecule has 3 amide bonds. The second-order valence-electron chi connectivity index (χ2n) is 5.87. The quantitative estimate of drug-likeness (QED) is 0.880. The molecular weight excluding hydrogens is 339 g/mol. The van der Waals surface area contributed by atoms with Crippen LogP contribution in [0.2, 0.25) is 0 Å². The van der Waals surface area contributed by atoms with E-state index in [1.807, 2.05) is 6.92 Å². The predicted molar refractivity (Wildman–Crippen MR) is 94.9 cm³/mol. The van der Waals surface area contributed by atoms with E-state index >= 15 is 0 Å². The lowest BCUT2D eigenvalue weighted by molar-refractivity contribution is 0.0666. The Bertz CT molecular complexity index is 771. The lowest BCUT2D eigenvalue weighted by Crippen LogP contribution is -2.51. The molecule has 0 bridgehead atoms. The number of anilines is 1. The van der Waals surface area contributed by atoms with Crippen LogP contribution in [0.1, 0.15) is 17.4 Å². The third kappa shape index (κ3) is 3.96. The number of piperazine rings is 1. The second kappa shape index (κ2) is 7.90. The maximum absolute atomic E-state index is 14.1. The molecule has 1 aliphatic rings. The number of nitrogens with one attached hydrogen (secondary N) is 2. The summed E-state index contributed by atoms with van der Waals surface area (Å²) in [5.41, 5.74) is 0.628. The Morgan fingerprint density at radius 1 is 1.19 bits per heavy atom. The SMILES string of the molecule is CCOc1ccc(NC(=O)N2CCN(C(=O)c3ccc[nH]3)CC2)c(F)c1. The Balaban J connectivity index is 1.55. The summed E-state index contributed by atoms with van der Waals surface area (Å²) in [5, 5.41) is 2.57. The zero-order valence-corrected chi connectivity index (χ0v) is 14.5. The summed E-state index contributed by atoms with van der Waals surface area (Å²) in [6.45, 7) is 3.88. The van der Waals surface area contributed by atoms with Crippen LogP contribution in [0.15, 0.2) is 36.5 Å². The summed E-state index contributed by atoms with van der Waals surface area (Å²) >= 11 is 0. The average molecular weight is 360 g/mol. The Morgan fingerprint density at radius 3 is 2.54 bits per heavy atom. The monoisotopic (exact) mass is 360 g/mol. The van der Waals surface area contributed by atoms with Gasteiger partial charge in [-0.15, -0.1) is 0 Å². The van der Waals surface area contributed by atoms with Crippen molar-refractivity contribution in [2.75, 3.05) is 38.1 Å². The van der Waals surface area contributed by atoms with Crippen molar-refractivity contribution < 1.29 is 18.7 Å². The van der Waals surface area contributed by atoms with Gasteiger partial charge in [0.15, 0.2) is 0 Å². The largest absolute Gasteiger partial charge is 0.494 e. The number of urea groups is 1. The molecule has 1 fully saturated rings. The molecule has 0 spiro atoms. The molecule has 0 aliphatic carbocycles. The molecule has 2 N–H and O–H groups in total. The Morgan fingerprint density at radius 2 is 1.92 bits per heavy atom. The lowest BCUT2D eigenvalue weighted by Gasteiger charge is -2.34. The number of H-pyrrole nitrogens is 1. The van der Waals surface area contributed by atoms with Crippen molar-refractivity contribution in [2.24, 2.45) is 0 Å². The molecule has 8 heteroatoms. The summed E-state index contributed by atoms with van der Waals surface area (Å²) in [6, 6.07) is 7.42. The van der Waals surface area contributed by atoms with Crippen molar-refractivity contribution in [3.8, 4) is 5.75 Å². The Labute approximate surface area is 150 Å². The molecule has 2 aromatic rings. The van der Waals surface area contributed by atoms with Crippen LogP contribution in [0.4, 0.5) is 14.9 Å². The number of carbonyl (C=O) groups excluding carboxylic acids is 2. The molecule has 1 aromatic carbocycles. The highest BCUT2D eigenvalue weighted by molar-refractivity contribution is 5.93. The second-order valence-corrected chi connectivity index (χ2v) is 5.87. The Kier molecular flexibility index (Phi) is 5.40. The molecule has 0 radical (unpaired) electrons. The van der Waals surface area contributed by atoms with Gasteiger partial charge in [-0.05, 0) is 31.2 Å². The van der Waals surface area contributed by atoms with Crippen LogP contribution in [0.3, 0.4) is 0 Å². The van der Waals surface area contributed by atoms with Gasteiger partial charge in [0, 0.05) is 38.4 Å². The highest BCUT2D eigenvalue weighted by Gasteiger charge is 2.25. The third-order valence-electron chi connectivity index (χ3n) is 4.18. The fourth-order valence-corrected chi connectivity index (χ4v) is 2.79. The number of ether oxygens (including phenoxy) is 1. The number of aromatic nitrogens is 1. The molecule has 3 rings (SSSR count). The molecule has 0 atom stereocenters. The van der Waals surface area contributed by atoms with Gasteiger partial charge in [0.2, 0.25) is 0 Å². The van der Waals surface area contributed by atoms with Crippen LogP contribution in [0.5, 0.6) is 5.75 Å². The first-order chi connectivity index (χ1) is 12.6. The van der Waals surface area contributed by atoms with Crippen molar-refractivity contribution >= 4 is 17.6 Å². The fourth-order valence-electron chi connectivity index (χ4n) is 2.79. The minimum Gasteiger partial charge on any atom is -0.494 e. The van der Waals surface area contributed by atoms with E-state index in [1.54, 1.807) is 34.2 Å². The van der Waals surface area contributed by atoms with Crippen LogP contribution < -0.4 is 10.1 Å². The van der Waals surface area contributed by atoms with Crippen molar-refractivity contribution in [1.82, 2.24) is 14.8 Å². The summed E-state index contributed by atoms with van der Waals surface area (Å²) < 4.78 is 19.3. The van der Waals surface area contributed by atoms with E-state index in [0.29, 0.717) is 44.2 Å². The van der Waals surface area contributed by atoms with E-state index in [9.17, 15) is 14.0 Å². The lowest BCUT2D eigenvalue weighted by atomic mass is 10.2. The van der Waals surface area contributed by atoms with Gasteiger partial charge in [-0.1, -0.05) is 0 Å². The smallest absolute Gasteiger partial charge is 0.322 e. The number of hydrogen-bond acceptors (Lipinski definition) is 3. The third-order valence-corrected chi connectivity index (χ3v) is 4.18. The van der Waals surface area contributed by atoms with Gasteiger partial charge in [0.05, 0.1) is 12.3 Å². The molecule has 1 aromatic heterocycles. The summed E-state index contributed by atoms with van der Waals surface area (Å²) in [5.74, 6) is -0.225. The van der Waals surface area contributed by atoms with Crippen molar-refractivity contribution in [3.63, 3.8) is 0 Å². The molecule has 2 heterocycles. The van der Waals surface area contributed by atoms with Crippen molar-refractivity contribution in [1.29, 1.82) is 0 Å². The van der Waals surface area contributed by atoms with Gasteiger partial charge in [-0.2, -0.15) is 0 Å². The average Bonchev–Trinajstić information content (AvgIpc) is 3.18.